The Morgan fingerprint density at radius 2 is 1.57 bits per heavy atom. The number of aliphatic hydroxyl groups excluding tert-OH is 1. The van der Waals surface area contributed by atoms with Crippen LogP contribution in [0.15, 0.2) is 48.5 Å². The van der Waals surface area contributed by atoms with E-state index in [4.69, 9.17) is 0 Å². The van der Waals surface area contributed by atoms with E-state index in [0.717, 1.165) is 28.8 Å². The molecule has 2 atom stereocenters. The third-order valence-electron chi connectivity index (χ3n) is 3.87. The summed E-state index contributed by atoms with van der Waals surface area (Å²) in [5.74, 6) is 0. The van der Waals surface area contributed by atoms with E-state index in [0.29, 0.717) is 0 Å². The van der Waals surface area contributed by atoms with Crippen molar-refractivity contribution in [1.29, 1.82) is 0 Å². The van der Waals surface area contributed by atoms with Crippen LogP contribution < -0.4 is 5.32 Å². The van der Waals surface area contributed by atoms with Crippen molar-refractivity contribution in [2.75, 3.05) is 0 Å². The molecule has 0 spiro atoms. The molecular formula is C18H20F3NO. The van der Waals surface area contributed by atoms with Gasteiger partial charge in [-0.05, 0) is 42.7 Å². The van der Waals surface area contributed by atoms with Gasteiger partial charge in [-0.3, -0.25) is 0 Å². The van der Waals surface area contributed by atoms with Gasteiger partial charge in [0.2, 0.25) is 0 Å². The SMILES string of the molecule is CC(NC(C)c1cccc(CO)c1)c1ccc(C(F)(F)F)cc1. The lowest BCUT2D eigenvalue weighted by molar-refractivity contribution is -0.137. The highest BCUT2D eigenvalue weighted by molar-refractivity contribution is 5.28. The summed E-state index contributed by atoms with van der Waals surface area (Å²) in [6.45, 7) is 3.88. The van der Waals surface area contributed by atoms with Crippen LogP contribution in [0.25, 0.3) is 0 Å². The Morgan fingerprint density at radius 3 is 2.13 bits per heavy atom. The second-order valence-corrected chi connectivity index (χ2v) is 5.63. The standard InChI is InChI=1S/C18H20F3NO/c1-12(15-6-8-17(9-7-15)18(19,20)21)22-13(2)16-5-3-4-14(10-16)11-23/h3-10,12-13,22-23H,11H2,1-2H3. The number of alkyl halides is 3. The predicted octanol–water partition coefficient (Wildman–Crippen LogP) is 4.61. The van der Waals surface area contributed by atoms with E-state index < -0.39 is 11.7 Å². The number of aliphatic hydroxyl groups is 1. The monoisotopic (exact) mass is 323 g/mol. The quantitative estimate of drug-likeness (QED) is 0.842. The summed E-state index contributed by atoms with van der Waals surface area (Å²) in [4.78, 5) is 0. The van der Waals surface area contributed by atoms with Crippen LogP contribution in [0.4, 0.5) is 13.2 Å². The lowest BCUT2D eigenvalue weighted by atomic mass is 10.0. The van der Waals surface area contributed by atoms with E-state index >= 15 is 0 Å². The molecule has 2 N–H and O–H groups in total. The molecular weight excluding hydrogens is 303 g/mol. The van der Waals surface area contributed by atoms with Crippen molar-refractivity contribution in [3.05, 3.63) is 70.8 Å². The van der Waals surface area contributed by atoms with E-state index in [1.807, 2.05) is 38.1 Å². The van der Waals surface area contributed by atoms with Crippen molar-refractivity contribution < 1.29 is 18.3 Å². The molecule has 0 aliphatic heterocycles. The van der Waals surface area contributed by atoms with Gasteiger partial charge in [0.25, 0.3) is 0 Å². The summed E-state index contributed by atoms with van der Waals surface area (Å²) in [6, 6.07) is 12.7. The highest BCUT2D eigenvalue weighted by Gasteiger charge is 2.30. The second-order valence-electron chi connectivity index (χ2n) is 5.63. The molecule has 23 heavy (non-hydrogen) atoms. The lowest BCUT2D eigenvalue weighted by Crippen LogP contribution is -2.22. The third-order valence-corrected chi connectivity index (χ3v) is 3.87. The summed E-state index contributed by atoms with van der Waals surface area (Å²) in [6.07, 6.45) is -4.31. The van der Waals surface area contributed by atoms with Gasteiger partial charge in [-0.1, -0.05) is 36.4 Å². The number of benzene rings is 2. The smallest absolute Gasteiger partial charge is 0.392 e. The van der Waals surface area contributed by atoms with E-state index in [-0.39, 0.29) is 18.7 Å². The van der Waals surface area contributed by atoms with Gasteiger partial charge in [0.05, 0.1) is 12.2 Å². The molecule has 5 heteroatoms. The van der Waals surface area contributed by atoms with Gasteiger partial charge in [0.15, 0.2) is 0 Å². The molecule has 0 radical (unpaired) electrons. The topological polar surface area (TPSA) is 32.3 Å². The maximum absolute atomic E-state index is 12.6. The highest BCUT2D eigenvalue weighted by Crippen LogP contribution is 2.30. The number of hydrogen-bond donors (Lipinski definition) is 2. The van der Waals surface area contributed by atoms with E-state index in [1.54, 1.807) is 0 Å². The Morgan fingerprint density at radius 1 is 0.957 bits per heavy atom. The fourth-order valence-corrected chi connectivity index (χ4v) is 2.49. The largest absolute Gasteiger partial charge is 0.416 e. The minimum Gasteiger partial charge on any atom is -0.392 e. The van der Waals surface area contributed by atoms with Crippen LogP contribution in [-0.4, -0.2) is 5.11 Å². The molecule has 2 aromatic carbocycles. The van der Waals surface area contributed by atoms with Gasteiger partial charge in [-0.25, -0.2) is 0 Å². The number of nitrogens with one attached hydrogen (secondary N) is 1. The Labute approximate surface area is 134 Å². The maximum Gasteiger partial charge on any atom is 0.416 e. The molecule has 2 rings (SSSR count). The number of rotatable bonds is 5. The van der Waals surface area contributed by atoms with Gasteiger partial charge >= 0.3 is 6.18 Å². The van der Waals surface area contributed by atoms with Gasteiger partial charge in [0.1, 0.15) is 0 Å². The molecule has 124 valence electrons. The Balaban J connectivity index is 2.07. The molecule has 0 aliphatic carbocycles. The molecule has 0 amide bonds. The van der Waals surface area contributed by atoms with E-state index in [2.05, 4.69) is 5.32 Å². The van der Waals surface area contributed by atoms with Gasteiger partial charge in [-0.15, -0.1) is 0 Å². The van der Waals surface area contributed by atoms with Crippen LogP contribution in [-0.2, 0) is 12.8 Å². The van der Waals surface area contributed by atoms with Crippen LogP contribution in [0, 0.1) is 0 Å². The van der Waals surface area contributed by atoms with Gasteiger partial charge < -0.3 is 10.4 Å². The summed E-state index contributed by atoms with van der Waals surface area (Å²) >= 11 is 0. The fourth-order valence-electron chi connectivity index (χ4n) is 2.49. The molecule has 0 aromatic heterocycles. The number of halogens is 3. The van der Waals surface area contributed by atoms with E-state index in [9.17, 15) is 18.3 Å². The molecule has 2 unspecified atom stereocenters. The average molecular weight is 323 g/mol. The summed E-state index contributed by atoms with van der Waals surface area (Å²) in [5, 5.41) is 12.5. The zero-order valence-corrected chi connectivity index (χ0v) is 13.1. The lowest BCUT2D eigenvalue weighted by Gasteiger charge is -2.21. The molecule has 0 bridgehead atoms. The van der Waals surface area contributed by atoms with Crippen molar-refractivity contribution in [3.63, 3.8) is 0 Å². The second kappa shape index (κ2) is 7.15. The summed E-state index contributed by atoms with van der Waals surface area (Å²) < 4.78 is 37.8. The molecule has 0 fully saturated rings. The van der Waals surface area contributed by atoms with Crippen molar-refractivity contribution in [2.45, 2.75) is 38.7 Å². The highest BCUT2D eigenvalue weighted by atomic mass is 19.4. The molecule has 0 heterocycles. The first-order chi connectivity index (χ1) is 10.8. The van der Waals surface area contributed by atoms with Crippen LogP contribution in [0.1, 0.15) is 48.2 Å². The fraction of sp³-hybridized carbons (Fsp3) is 0.333. The normalized spacial score (nSPS) is 14.5. The zero-order chi connectivity index (χ0) is 17.0. The number of hydrogen-bond acceptors (Lipinski definition) is 2. The Bertz CT molecular complexity index is 637. The van der Waals surface area contributed by atoms with Crippen LogP contribution >= 0.6 is 0 Å². The average Bonchev–Trinajstić information content (AvgIpc) is 2.54. The van der Waals surface area contributed by atoms with Crippen LogP contribution in [0.5, 0.6) is 0 Å². The molecule has 2 nitrogen and oxygen atoms in total. The van der Waals surface area contributed by atoms with Crippen LogP contribution in [0.2, 0.25) is 0 Å². The third kappa shape index (κ3) is 4.56. The minimum absolute atomic E-state index is 0.0128. The maximum atomic E-state index is 12.6. The summed E-state index contributed by atoms with van der Waals surface area (Å²) in [7, 11) is 0. The van der Waals surface area contributed by atoms with Crippen molar-refractivity contribution in [2.24, 2.45) is 0 Å². The summed E-state index contributed by atoms with van der Waals surface area (Å²) in [5.41, 5.74) is 2.01. The Hall–Kier alpha value is -1.85. The predicted molar refractivity (Wildman–Crippen MR) is 83.8 cm³/mol. The molecule has 0 aliphatic rings. The van der Waals surface area contributed by atoms with Gasteiger partial charge in [0, 0.05) is 12.1 Å². The first kappa shape index (κ1) is 17.5. The van der Waals surface area contributed by atoms with Crippen molar-refractivity contribution in [1.82, 2.24) is 5.32 Å². The van der Waals surface area contributed by atoms with Crippen molar-refractivity contribution >= 4 is 0 Å². The molecule has 0 saturated carbocycles. The molecule has 0 saturated heterocycles. The minimum atomic E-state index is -4.31. The Kier molecular flexibility index (Phi) is 5.44. The zero-order valence-electron chi connectivity index (χ0n) is 13.1. The van der Waals surface area contributed by atoms with Crippen molar-refractivity contribution in [3.8, 4) is 0 Å². The molecule has 2 aromatic rings. The van der Waals surface area contributed by atoms with E-state index in [1.165, 1.54) is 12.1 Å². The first-order valence-electron chi connectivity index (χ1n) is 7.44. The first-order valence-corrected chi connectivity index (χ1v) is 7.44. The van der Waals surface area contributed by atoms with Gasteiger partial charge in [-0.2, -0.15) is 13.2 Å². The van der Waals surface area contributed by atoms with Crippen LogP contribution in [0.3, 0.4) is 0 Å².